The summed E-state index contributed by atoms with van der Waals surface area (Å²) in [6, 6.07) is 0. The second-order valence-electron chi connectivity index (χ2n) is 3.66. The lowest BCUT2D eigenvalue weighted by atomic mass is 10.3. The number of nitrogens with zero attached hydrogens (tertiary/aromatic N) is 3. The predicted octanol–water partition coefficient (Wildman–Crippen LogP) is 1.45. The van der Waals surface area contributed by atoms with Gasteiger partial charge in [-0.2, -0.15) is 13.2 Å². The SMILES string of the molecule is Cc1ncc(N(CCO)CC(F)(F)F)nc1C. The molecule has 1 aromatic rings. The summed E-state index contributed by atoms with van der Waals surface area (Å²) in [4.78, 5) is 8.94. The third-order valence-electron chi connectivity index (χ3n) is 2.24. The summed E-state index contributed by atoms with van der Waals surface area (Å²) >= 11 is 0. The van der Waals surface area contributed by atoms with Gasteiger partial charge in [-0.1, -0.05) is 0 Å². The number of aromatic nitrogens is 2. The number of aliphatic hydroxyl groups excluding tert-OH is 1. The molecule has 7 heteroatoms. The number of hydrogen-bond donors (Lipinski definition) is 1. The maximum absolute atomic E-state index is 12.3. The van der Waals surface area contributed by atoms with Gasteiger partial charge < -0.3 is 10.0 Å². The number of anilines is 1. The van der Waals surface area contributed by atoms with Gasteiger partial charge in [-0.05, 0) is 13.8 Å². The quantitative estimate of drug-likeness (QED) is 0.877. The van der Waals surface area contributed by atoms with E-state index in [0.29, 0.717) is 11.4 Å². The molecule has 1 aromatic heterocycles. The number of alkyl halides is 3. The molecule has 0 saturated heterocycles. The summed E-state index contributed by atoms with van der Waals surface area (Å²) < 4.78 is 37.0. The third kappa shape index (κ3) is 4.18. The van der Waals surface area contributed by atoms with E-state index in [1.165, 1.54) is 6.20 Å². The Labute approximate surface area is 97.1 Å². The first-order valence-electron chi connectivity index (χ1n) is 5.06. The zero-order chi connectivity index (χ0) is 13.1. The Morgan fingerprint density at radius 1 is 1.29 bits per heavy atom. The first-order valence-corrected chi connectivity index (χ1v) is 5.06. The molecule has 0 amide bonds. The Bertz CT molecular complexity index is 382. The van der Waals surface area contributed by atoms with Gasteiger partial charge in [0, 0.05) is 6.54 Å². The van der Waals surface area contributed by atoms with Crippen LogP contribution in [0.5, 0.6) is 0 Å². The van der Waals surface area contributed by atoms with Crippen molar-refractivity contribution in [2.45, 2.75) is 20.0 Å². The van der Waals surface area contributed by atoms with Crippen molar-refractivity contribution in [3.63, 3.8) is 0 Å². The summed E-state index contributed by atoms with van der Waals surface area (Å²) in [6.45, 7) is 1.76. The van der Waals surface area contributed by atoms with E-state index in [2.05, 4.69) is 9.97 Å². The summed E-state index contributed by atoms with van der Waals surface area (Å²) in [6.07, 6.45) is -3.06. The number of aryl methyl sites for hydroxylation is 2. The predicted molar refractivity (Wildman–Crippen MR) is 56.9 cm³/mol. The molecular formula is C10H14F3N3O. The first-order chi connectivity index (χ1) is 7.83. The molecule has 4 nitrogen and oxygen atoms in total. The Morgan fingerprint density at radius 2 is 1.94 bits per heavy atom. The van der Waals surface area contributed by atoms with Crippen molar-refractivity contribution in [1.29, 1.82) is 0 Å². The molecule has 0 unspecified atom stereocenters. The van der Waals surface area contributed by atoms with Gasteiger partial charge in [-0.25, -0.2) is 4.98 Å². The van der Waals surface area contributed by atoms with E-state index < -0.39 is 12.7 Å². The minimum absolute atomic E-state index is 0.125. The number of hydrogen-bond acceptors (Lipinski definition) is 4. The van der Waals surface area contributed by atoms with Gasteiger partial charge in [-0.15, -0.1) is 0 Å². The largest absolute Gasteiger partial charge is 0.405 e. The van der Waals surface area contributed by atoms with Crippen LogP contribution in [0, 0.1) is 13.8 Å². The first kappa shape index (κ1) is 13.7. The van der Waals surface area contributed by atoms with Crippen LogP contribution >= 0.6 is 0 Å². The molecule has 0 bridgehead atoms. The highest BCUT2D eigenvalue weighted by Gasteiger charge is 2.31. The van der Waals surface area contributed by atoms with Gasteiger partial charge in [0.15, 0.2) is 0 Å². The van der Waals surface area contributed by atoms with Crippen molar-refractivity contribution < 1.29 is 18.3 Å². The highest BCUT2D eigenvalue weighted by molar-refractivity contribution is 5.37. The zero-order valence-corrected chi connectivity index (χ0v) is 9.62. The molecule has 0 radical (unpaired) electrons. The number of rotatable bonds is 4. The summed E-state index contributed by atoms with van der Waals surface area (Å²) in [5.41, 5.74) is 1.25. The van der Waals surface area contributed by atoms with Crippen LogP contribution in [0.25, 0.3) is 0 Å². The van der Waals surface area contributed by atoms with E-state index in [1.807, 2.05) is 0 Å². The topological polar surface area (TPSA) is 49.2 Å². The van der Waals surface area contributed by atoms with Crippen molar-refractivity contribution in [2.24, 2.45) is 0 Å². The molecule has 1 N–H and O–H groups in total. The molecular weight excluding hydrogens is 235 g/mol. The molecule has 0 aromatic carbocycles. The summed E-state index contributed by atoms with van der Waals surface area (Å²) in [5.74, 6) is 0.125. The number of aliphatic hydroxyl groups is 1. The minimum Gasteiger partial charge on any atom is -0.395 e. The zero-order valence-electron chi connectivity index (χ0n) is 9.62. The van der Waals surface area contributed by atoms with Crippen LogP contribution in [0.1, 0.15) is 11.4 Å². The lowest BCUT2D eigenvalue weighted by Gasteiger charge is -2.24. The van der Waals surface area contributed by atoms with E-state index in [1.54, 1.807) is 13.8 Å². The smallest absolute Gasteiger partial charge is 0.395 e. The van der Waals surface area contributed by atoms with E-state index in [-0.39, 0.29) is 19.0 Å². The molecule has 17 heavy (non-hydrogen) atoms. The van der Waals surface area contributed by atoms with E-state index in [0.717, 1.165) is 4.90 Å². The van der Waals surface area contributed by atoms with E-state index in [4.69, 9.17) is 5.11 Å². The summed E-state index contributed by atoms with van der Waals surface area (Å²) in [7, 11) is 0. The fourth-order valence-corrected chi connectivity index (χ4v) is 1.29. The van der Waals surface area contributed by atoms with Crippen LogP contribution < -0.4 is 4.90 Å². The third-order valence-corrected chi connectivity index (χ3v) is 2.24. The Balaban J connectivity index is 2.93. The maximum Gasteiger partial charge on any atom is 0.405 e. The van der Waals surface area contributed by atoms with Gasteiger partial charge in [-0.3, -0.25) is 4.98 Å². The van der Waals surface area contributed by atoms with Gasteiger partial charge >= 0.3 is 6.18 Å². The fraction of sp³-hybridized carbons (Fsp3) is 0.600. The van der Waals surface area contributed by atoms with Gasteiger partial charge in [0.2, 0.25) is 0 Å². The Kier molecular flexibility index (Phi) is 4.28. The van der Waals surface area contributed by atoms with E-state index >= 15 is 0 Å². The van der Waals surface area contributed by atoms with Crippen molar-refractivity contribution in [3.05, 3.63) is 17.6 Å². The van der Waals surface area contributed by atoms with Crippen LogP contribution in [-0.2, 0) is 0 Å². The monoisotopic (exact) mass is 249 g/mol. The molecule has 1 heterocycles. The summed E-state index contributed by atoms with van der Waals surface area (Å²) in [5, 5.41) is 8.76. The fourth-order valence-electron chi connectivity index (χ4n) is 1.29. The molecule has 1 rings (SSSR count). The van der Waals surface area contributed by atoms with Crippen LogP contribution in [0.2, 0.25) is 0 Å². The second-order valence-corrected chi connectivity index (χ2v) is 3.66. The number of halogens is 3. The average Bonchev–Trinajstić information content (AvgIpc) is 2.19. The van der Waals surface area contributed by atoms with Gasteiger partial charge in [0.25, 0.3) is 0 Å². The van der Waals surface area contributed by atoms with Gasteiger partial charge in [0.1, 0.15) is 12.4 Å². The maximum atomic E-state index is 12.3. The van der Waals surface area contributed by atoms with Crippen LogP contribution in [0.15, 0.2) is 6.20 Å². The normalized spacial score (nSPS) is 11.6. The standard InChI is InChI=1S/C10H14F3N3O/c1-7-8(2)15-9(5-14-7)16(3-4-17)6-10(11,12)13/h5,17H,3-4,6H2,1-2H3. The average molecular weight is 249 g/mol. The lowest BCUT2D eigenvalue weighted by Crippen LogP contribution is -2.37. The molecule has 96 valence electrons. The highest BCUT2D eigenvalue weighted by atomic mass is 19.4. The molecule has 0 saturated carbocycles. The van der Waals surface area contributed by atoms with Gasteiger partial charge in [0.05, 0.1) is 24.2 Å². The molecule has 0 atom stereocenters. The molecule has 0 aliphatic heterocycles. The van der Waals surface area contributed by atoms with E-state index in [9.17, 15) is 13.2 Å². The van der Waals surface area contributed by atoms with Crippen LogP contribution in [-0.4, -0.2) is 40.9 Å². The lowest BCUT2D eigenvalue weighted by molar-refractivity contribution is -0.120. The van der Waals surface area contributed by atoms with Crippen LogP contribution in [0.3, 0.4) is 0 Å². The second kappa shape index (κ2) is 5.31. The highest BCUT2D eigenvalue weighted by Crippen LogP contribution is 2.20. The molecule has 0 aliphatic rings. The van der Waals surface area contributed by atoms with Crippen molar-refractivity contribution in [1.82, 2.24) is 9.97 Å². The minimum atomic E-state index is -4.34. The Hall–Kier alpha value is -1.37. The Morgan fingerprint density at radius 3 is 2.41 bits per heavy atom. The molecule has 0 fully saturated rings. The van der Waals surface area contributed by atoms with Crippen LogP contribution in [0.4, 0.5) is 19.0 Å². The van der Waals surface area contributed by atoms with Crippen molar-refractivity contribution in [2.75, 3.05) is 24.6 Å². The van der Waals surface area contributed by atoms with Crippen molar-refractivity contribution >= 4 is 5.82 Å². The molecule has 0 spiro atoms. The molecule has 0 aliphatic carbocycles. The van der Waals surface area contributed by atoms with Crippen molar-refractivity contribution in [3.8, 4) is 0 Å².